The maximum absolute atomic E-state index is 5.72. The fourth-order valence-corrected chi connectivity index (χ4v) is 3.26. The fourth-order valence-electron chi connectivity index (χ4n) is 3.26. The Morgan fingerprint density at radius 3 is 1.85 bits per heavy atom. The molecule has 0 fully saturated rings. The number of benzene rings is 3. The van der Waals surface area contributed by atoms with Crippen molar-refractivity contribution in [3.8, 4) is 5.75 Å². The molecule has 3 heteroatoms. The molecule has 3 nitrogen and oxygen atoms in total. The molecule has 0 unspecified atom stereocenters. The van der Waals surface area contributed by atoms with Crippen molar-refractivity contribution in [2.24, 2.45) is 5.73 Å². The van der Waals surface area contributed by atoms with Gasteiger partial charge in [-0.3, -0.25) is 4.90 Å². The highest BCUT2D eigenvalue weighted by atomic mass is 16.5. The maximum Gasteiger partial charge on any atom is 0.118 e. The molecule has 3 aromatic carbocycles. The van der Waals surface area contributed by atoms with Crippen molar-refractivity contribution in [1.82, 2.24) is 4.90 Å². The van der Waals surface area contributed by atoms with E-state index < -0.39 is 0 Å². The van der Waals surface area contributed by atoms with Crippen molar-refractivity contribution in [2.45, 2.75) is 33.1 Å². The highest BCUT2D eigenvalue weighted by molar-refractivity contribution is 5.28. The minimum absolute atomic E-state index is 0.582. The van der Waals surface area contributed by atoms with Gasteiger partial charge in [-0.1, -0.05) is 66.2 Å². The molecule has 0 saturated heterocycles. The number of hydrogen-bond acceptors (Lipinski definition) is 3. The summed E-state index contributed by atoms with van der Waals surface area (Å²) < 4.78 is 5.28. The van der Waals surface area contributed by atoms with Crippen molar-refractivity contribution >= 4 is 0 Å². The lowest BCUT2D eigenvalue weighted by Crippen LogP contribution is -2.22. The average molecular weight is 361 g/mol. The SMILES string of the molecule is COc1ccc(CN(Cc2ccc(CN)cc2)Cc2cccc(C)c2)cc1. The molecule has 140 valence electrons. The first-order valence-electron chi connectivity index (χ1n) is 9.35. The van der Waals surface area contributed by atoms with E-state index in [9.17, 15) is 0 Å². The van der Waals surface area contributed by atoms with Crippen molar-refractivity contribution in [3.05, 3.63) is 101 Å². The molecule has 0 aromatic heterocycles. The molecule has 3 aromatic rings. The van der Waals surface area contributed by atoms with Crippen molar-refractivity contribution in [3.63, 3.8) is 0 Å². The van der Waals surface area contributed by atoms with Crippen LogP contribution in [0.25, 0.3) is 0 Å². The Hall–Kier alpha value is -2.62. The molecule has 0 aliphatic carbocycles. The number of ether oxygens (including phenoxy) is 1. The molecule has 0 bridgehead atoms. The largest absolute Gasteiger partial charge is 0.497 e. The summed E-state index contributed by atoms with van der Waals surface area (Å²) in [5, 5.41) is 0. The molecule has 0 aliphatic heterocycles. The van der Waals surface area contributed by atoms with E-state index in [0.29, 0.717) is 6.54 Å². The predicted octanol–water partition coefficient (Wildman–Crippen LogP) is 4.66. The molecule has 3 rings (SSSR count). The van der Waals surface area contributed by atoms with Gasteiger partial charge in [-0.2, -0.15) is 0 Å². The quantitative estimate of drug-likeness (QED) is 0.635. The fraction of sp³-hybridized carbons (Fsp3) is 0.250. The Morgan fingerprint density at radius 1 is 0.741 bits per heavy atom. The van der Waals surface area contributed by atoms with E-state index in [1.165, 1.54) is 27.8 Å². The van der Waals surface area contributed by atoms with E-state index in [1.807, 2.05) is 12.1 Å². The molecule has 0 heterocycles. The van der Waals surface area contributed by atoms with E-state index in [4.69, 9.17) is 10.5 Å². The van der Waals surface area contributed by atoms with Gasteiger partial charge in [-0.25, -0.2) is 0 Å². The molecule has 0 spiro atoms. The summed E-state index contributed by atoms with van der Waals surface area (Å²) in [7, 11) is 1.70. The van der Waals surface area contributed by atoms with Crippen LogP contribution in [0.15, 0.2) is 72.8 Å². The van der Waals surface area contributed by atoms with E-state index in [1.54, 1.807) is 7.11 Å². The van der Waals surface area contributed by atoms with Gasteiger partial charge in [0.2, 0.25) is 0 Å². The van der Waals surface area contributed by atoms with Crippen LogP contribution in [0.3, 0.4) is 0 Å². The minimum Gasteiger partial charge on any atom is -0.497 e. The summed E-state index contributed by atoms with van der Waals surface area (Å²) in [6, 6.07) is 25.7. The van der Waals surface area contributed by atoms with E-state index in [2.05, 4.69) is 72.5 Å². The Kier molecular flexibility index (Phi) is 6.64. The van der Waals surface area contributed by atoms with Crippen molar-refractivity contribution in [1.29, 1.82) is 0 Å². The first kappa shape index (κ1) is 19.2. The van der Waals surface area contributed by atoms with Crippen molar-refractivity contribution in [2.75, 3.05) is 7.11 Å². The first-order chi connectivity index (χ1) is 13.2. The molecule has 2 N–H and O–H groups in total. The highest BCUT2D eigenvalue weighted by Crippen LogP contribution is 2.18. The van der Waals surface area contributed by atoms with Gasteiger partial charge in [0.25, 0.3) is 0 Å². The number of aryl methyl sites for hydroxylation is 1. The molecule has 0 saturated carbocycles. The van der Waals surface area contributed by atoms with Crippen LogP contribution in [0.4, 0.5) is 0 Å². The second kappa shape index (κ2) is 9.36. The van der Waals surface area contributed by atoms with E-state index in [0.717, 1.165) is 25.4 Å². The van der Waals surface area contributed by atoms with Crippen LogP contribution in [0.1, 0.15) is 27.8 Å². The zero-order valence-electron chi connectivity index (χ0n) is 16.2. The Bertz CT molecular complexity index is 792. The summed E-state index contributed by atoms with van der Waals surface area (Å²) in [5.41, 5.74) is 12.1. The van der Waals surface area contributed by atoms with Gasteiger partial charge >= 0.3 is 0 Å². The standard InChI is InChI=1S/C24H28N2O/c1-19-4-3-5-23(14-19)18-26(16-21-8-6-20(15-25)7-9-21)17-22-10-12-24(27-2)13-11-22/h3-14H,15-18,25H2,1-2H3. The first-order valence-corrected chi connectivity index (χ1v) is 9.35. The summed E-state index contributed by atoms with van der Waals surface area (Å²) in [6.45, 7) is 5.41. The molecule has 0 amide bonds. The molecular formula is C24H28N2O. The highest BCUT2D eigenvalue weighted by Gasteiger charge is 2.09. The third-order valence-electron chi connectivity index (χ3n) is 4.72. The van der Waals surface area contributed by atoms with Crippen molar-refractivity contribution < 1.29 is 4.74 Å². The van der Waals surface area contributed by atoms with Crippen LogP contribution in [0, 0.1) is 6.92 Å². The van der Waals surface area contributed by atoms with Gasteiger partial charge in [-0.05, 0) is 41.3 Å². The monoisotopic (exact) mass is 360 g/mol. The van der Waals surface area contributed by atoms with Gasteiger partial charge in [-0.15, -0.1) is 0 Å². The normalized spacial score (nSPS) is 11.0. The van der Waals surface area contributed by atoms with Crippen LogP contribution >= 0.6 is 0 Å². The summed E-state index contributed by atoms with van der Waals surface area (Å²) in [6.07, 6.45) is 0. The third kappa shape index (κ3) is 5.68. The summed E-state index contributed by atoms with van der Waals surface area (Å²) in [5.74, 6) is 0.890. The number of rotatable bonds is 8. The molecule has 27 heavy (non-hydrogen) atoms. The van der Waals surface area contributed by atoms with Gasteiger partial charge in [0.15, 0.2) is 0 Å². The van der Waals surface area contributed by atoms with Crippen LogP contribution in [0.2, 0.25) is 0 Å². The maximum atomic E-state index is 5.72. The topological polar surface area (TPSA) is 38.5 Å². The average Bonchev–Trinajstić information content (AvgIpc) is 2.69. The molecule has 0 radical (unpaired) electrons. The van der Waals surface area contributed by atoms with Crippen LogP contribution in [-0.4, -0.2) is 12.0 Å². The van der Waals surface area contributed by atoms with Gasteiger partial charge < -0.3 is 10.5 Å². The smallest absolute Gasteiger partial charge is 0.118 e. The second-order valence-corrected chi connectivity index (χ2v) is 7.00. The Labute approximate surface area is 162 Å². The second-order valence-electron chi connectivity index (χ2n) is 7.00. The van der Waals surface area contributed by atoms with Gasteiger partial charge in [0, 0.05) is 26.2 Å². The van der Waals surface area contributed by atoms with Crippen LogP contribution in [0.5, 0.6) is 5.75 Å². The molecule has 0 aliphatic rings. The van der Waals surface area contributed by atoms with E-state index >= 15 is 0 Å². The summed E-state index contributed by atoms with van der Waals surface area (Å²) >= 11 is 0. The molecular weight excluding hydrogens is 332 g/mol. The lowest BCUT2D eigenvalue weighted by molar-refractivity contribution is 0.247. The zero-order chi connectivity index (χ0) is 19.1. The Balaban J connectivity index is 1.77. The van der Waals surface area contributed by atoms with Crippen LogP contribution < -0.4 is 10.5 Å². The molecule has 0 atom stereocenters. The lowest BCUT2D eigenvalue weighted by atomic mass is 10.1. The minimum atomic E-state index is 0.582. The Morgan fingerprint density at radius 2 is 1.30 bits per heavy atom. The number of methoxy groups -OCH3 is 1. The number of hydrogen-bond donors (Lipinski definition) is 1. The van der Waals surface area contributed by atoms with Gasteiger partial charge in [0.05, 0.1) is 7.11 Å². The third-order valence-corrected chi connectivity index (χ3v) is 4.72. The van der Waals surface area contributed by atoms with Gasteiger partial charge in [0.1, 0.15) is 5.75 Å². The van der Waals surface area contributed by atoms with Crippen LogP contribution in [-0.2, 0) is 26.2 Å². The summed E-state index contributed by atoms with van der Waals surface area (Å²) in [4.78, 5) is 2.47. The lowest BCUT2D eigenvalue weighted by Gasteiger charge is -2.23. The number of nitrogens with zero attached hydrogens (tertiary/aromatic N) is 1. The predicted molar refractivity (Wildman–Crippen MR) is 111 cm³/mol. The zero-order valence-corrected chi connectivity index (χ0v) is 16.2. The number of nitrogens with two attached hydrogens (primary N) is 1. The van der Waals surface area contributed by atoms with E-state index in [-0.39, 0.29) is 0 Å².